The zero-order valence-electron chi connectivity index (χ0n) is 13.0. The predicted molar refractivity (Wildman–Crippen MR) is 91.6 cm³/mol. The molecule has 114 valence electrons. The van der Waals surface area contributed by atoms with Crippen LogP contribution in [0.5, 0.6) is 0 Å². The molecular formula is C19H22N2O. The Labute approximate surface area is 131 Å². The first-order valence-electron chi connectivity index (χ1n) is 7.97. The van der Waals surface area contributed by atoms with E-state index in [-0.39, 0.29) is 5.78 Å². The highest BCUT2D eigenvalue weighted by atomic mass is 16.1. The van der Waals surface area contributed by atoms with E-state index in [0.29, 0.717) is 11.3 Å². The van der Waals surface area contributed by atoms with Crippen LogP contribution < -0.4 is 10.6 Å². The van der Waals surface area contributed by atoms with E-state index in [4.69, 9.17) is 5.73 Å². The average Bonchev–Trinajstić information content (AvgIpc) is 2.55. The largest absolute Gasteiger partial charge is 0.399 e. The van der Waals surface area contributed by atoms with Gasteiger partial charge in [-0.2, -0.15) is 0 Å². The maximum Gasteiger partial charge on any atom is 0.193 e. The van der Waals surface area contributed by atoms with Gasteiger partial charge in [0.15, 0.2) is 5.78 Å². The van der Waals surface area contributed by atoms with E-state index in [1.807, 2.05) is 6.07 Å². The highest BCUT2D eigenvalue weighted by molar-refractivity contribution is 6.09. The Kier molecular flexibility index (Phi) is 4.14. The molecule has 0 saturated carbocycles. The summed E-state index contributed by atoms with van der Waals surface area (Å²) in [5.74, 6) is 0.0600. The van der Waals surface area contributed by atoms with Gasteiger partial charge in [0.2, 0.25) is 0 Å². The number of ketones is 1. The molecular weight excluding hydrogens is 272 g/mol. The van der Waals surface area contributed by atoms with Gasteiger partial charge in [-0.25, -0.2) is 0 Å². The lowest BCUT2D eigenvalue weighted by atomic mass is 9.96. The molecule has 0 aromatic heterocycles. The van der Waals surface area contributed by atoms with Gasteiger partial charge in [0.05, 0.1) is 0 Å². The second-order valence-corrected chi connectivity index (χ2v) is 5.89. The highest BCUT2D eigenvalue weighted by Crippen LogP contribution is 2.29. The summed E-state index contributed by atoms with van der Waals surface area (Å²) in [7, 11) is 0. The van der Waals surface area contributed by atoms with Gasteiger partial charge in [0.25, 0.3) is 0 Å². The molecule has 0 unspecified atom stereocenters. The molecule has 1 heterocycles. The number of nitrogens with zero attached hydrogens (tertiary/aromatic N) is 1. The third kappa shape index (κ3) is 2.84. The number of hydrogen-bond acceptors (Lipinski definition) is 3. The van der Waals surface area contributed by atoms with E-state index >= 15 is 0 Å². The zero-order chi connectivity index (χ0) is 15.5. The van der Waals surface area contributed by atoms with Gasteiger partial charge >= 0.3 is 0 Å². The molecule has 2 N–H and O–H groups in total. The summed E-state index contributed by atoms with van der Waals surface area (Å²) in [6, 6.07) is 13.3. The fourth-order valence-electron chi connectivity index (χ4n) is 3.10. The van der Waals surface area contributed by atoms with Crippen molar-refractivity contribution in [2.45, 2.75) is 26.2 Å². The van der Waals surface area contributed by atoms with Crippen molar-refractivity contribution in [2.75, 3.05) is 23.7 Å². The van der Waals surface area contributed by atoms with Crippen LogP contribution in [-0.4, -0.2) is 18.9 Å². The van der Waals surface area contributed by atoms with Gasteiger partial charge in [0, 0.05) is 35.6 Å². The molecule has 0 bridgehead atoms. The summed E-state index contributed by atoms with van der Waals surface area (Å²) in [4.78, 5) is 15.0. The number of anilines is 2. The summed E-state index contributed by atoms with van der Waals surface area (Å²) >= 11 is 0. The summed E-state index contributed by atoms with van der Waals surface area (Å²) in [6.07, 6.45) is 3.42. The number of benzene rings is 2. The lowest BCUT2D eigenvalue weighted by Gasteiger charge is -2.31. The van der Waals surface area contributed by atoms with E-state index in [0.717, 1.165) is 31.5 Å². The molecule has 0 radical (unpaired) electrons. The minimum atomic E-state index is 0.0600. The van der Waals surface area contributed by atoms with Crippen LogP contribution >= 0.6 is 0 Å². The molecule has 0 aliphatic carbocycles. The Hall–Kier alpha value is -2.29. The van der Waals surface area contributed by atoms with E-state index < -0.39 is 0 Å². The van der Waals surface area contributed by atoms with Crippen molar-refractivity contribution in [3.8, 4) is 0 Å². The van der Waals surface area contributed by atoms with Gasteiger partial charge in [0.1, 0.15) is 0 Å². The maximum absolute atomic E-state index is 12.6. The molecule has 3 rings (SSSR count). The molecule has 0 fully saturated rings. The van der Waals surface area contributed by atoms with Crippen molar-refractivity contribution in [2.24, 2.45) is 0 Å². The monoisotopic (exact) mass is 294 g/mol. The SMILES string of the molecule is CCCN1CCCc2ccc(C(=O)c3ccc(N)cc3)cc21. The summed E-state index contributed by atoms with van der Waals surface area (Å²) < 4.78 is 0. The maximum atomic E-state index is 12.6. The number of carbonyl (C=O) groups is 1. The second kappa shape index (κ2) is 6.22. The minimum absolute atomic E-state index is 0.0600. The lowest BCUT2D eigenvalue weighted by molar-refractivity contribution is 0.103. The van der Waals surface area contributed by atoms with Gasteiger partial charge in [-0.05, 0) is 55.2 Å². The van der Waals surface area contributed by atoms with Crippen molar-refractivity contribution < 1.29 is 4.79 Å². The van der Waals surface area contributed by atoms with Crippen LogP contribution in [0.1, 0.15) is 41.3 Å². The van der Waals surface area contributed by atoms with Crippen LogP contribution in [0.15, 0.2) is 42.5 Å². The number of fused-ring (bicyclic) bond motifs is 1. The lowest BCUT2D eigenvalue weighted by Crippen LogP contribution is -2.30. The number of hydrogen-bond donors (Lipinski definition) is 1. The molecule has 3 heteroatoms. The Bertz CT molecular complexity index is 676. The predicted octanol–water partition coefficient (Wildman–Crippen LogP) is 3.66. The first kappa shape index (κ1) is 14.6. The van der Waals surface area contributed by atoms with Crippen molar-refractivity contribution in [3.63, 3.8) is 0 Å². The average molecular weight is 294 g/mol. The van der Waals surface area contributed by atoms with Gasteiger partial charge in [-0.1, -0.05) is 19.1 Å². The van der Waals surface area contributed by atoms with Gasteiger partial charge in [-0.3, -0.25) is 4.79 Å². The summed E-state index contributed by atoms with van der Waals surface area (Å²) in [5.41, 5.74) is 10.4. The number of nitrogens with two attached hydrogens (primary N) is 1. The molecule has 0 atom stereocenters. The third-order valence-corrected chi connectivity index (χ3v) is 4.23. The number of rotatable bonds is 4. The fraction of sp³-hybridized carbons (Fsp3) is 0.316. The molecule has 0 amide bonds. The smallest absolute Gasteiger partial charge is 0.193 e. The Morgan fingerprint density at radius 2 is 1.86 bits per heavy atom. The molecule has 2 aromatic carbocycles. The highest BCUT2D eigenvalue weighted by Gasteiger charge is 2.18. The minimum Gasteiger partial charge on any atom is -0.399 e. The normalized spacial score (nSPS) is 13.8. The Morgan fingerprint density at radius 1 is 1.14 bits per heavy atom. The van der Waals surface area contributed by atoms with E-state index in [1.54, 1.807) is 24.3 Å². The molecule has 0 saturated heterocycles. The molecule has 2 aromatic rings. The molecule has 22 heavy (non-hydrogen) atoms. The van der Waals surface area contributed by atoms with Crippen LogP contribution in [0.4, 0.5) is 11.4 Å². The van der Waals surface area contributed by atoms with E-state index in [1.165, 1.54) is 17.7 Å². The van der Waals surface area contributed by atoms with Crippen molar-refractivity contribution in [3.05, 3.63) is 59.2 Å². The quantitative estimate of drug-likeness (QED) is 0.691. The van der Waals surface area contributed by atoms with Crippen LogP contribution in [-0.2, 0) is 6.42 Å². The zero-order valence-corrected chi connectivity index (χ0v) is 13.0. The van der Waals surface area contributed by atoms with Crippen molar-refractivity contribution >= 4 is 17.2 Å². The Morgan fingerprint density at radius 3 is 2.59 bits per heavy atom. The van der Waals surface area contributed by atoms with Gasteiger partial charge in [-0.15, -0.1) is 0 Å². The first-order valence-corrected chi connectivity index (χ1v) is 7.97. The standard InChI is InChI=1S/C19H22N2O/c1-2-11-21-12-3-4-14-5-6-16(13-18(14)21)19(22)15-7-9-17(20)10-8-15/h5-10,13H,2-4,11-12,20H2,1H3. The third-order valence-electron chi connectivity index (χ3n) is 4.23. The van der Waals surface area contributed by atoms with Gasteiger partial charge < -0.3 is 10.6 Å². The molecule has 0 spiro atoms. The fourth-order valence-corrected chi connectivity index (χ4v) is 3.10. The van der Waals surface area contributed by atoms with Crippen LogP contribution in [0.2, 0.25) is 0 Å². The van der Waals surface area contributed by atoms with Crippen LogP contribution in [0.25, 0.3) is 0 Å². The number of carbonyl (C=O) groups excluding carboxylic acids is 1. The van der Waals surface area contributed by atoms with E-state index in [2.05, 4.69) is 24.0 Å². The summed E-state index contributed by atoms with van der Waals surface area (Å²) in [6.45, 7) is 4.32. The molecule has 1 aliphatic heterocycles. The number of aryl methyl sites for hydroxylation is 1. The number of nitrogen functional groups attached to an aromatic ring is 1. The molecule has 3 nitrogen and oxygen atoms in total. The van der Waals surface area contributed by atoms with Crippen LogP contribution in [0, 0.1) is 0 Å². The van der Waals surface area contributed by atoms with Crippen LogP contribution in [0.3, 0.4) is 0 Å². The van der Waals surface area contributed by atoms with E-state index in [9.17, 15) is 4.79 Å². The van der Waals surface area contributed by atoms with Crippen molar-refractivity contribution in [1.29, 1.82) is 0 Å². The first-order chi connectivity index (χ1) is 10.7. The topological polar surface area (TPSA) is 46.3 Å². The summed E-state index contributed by atoms with van der Waals surface area (Å²) in [5, 5.41) is 0. The second-order valence-electron chi connectivity index (χ2n) is 5.89. The molecule has 1 aliphatic rings. The van der Waals surface area contributed by atoms with Crippen molar-refractivity contribution in [1.82, 2.24) is 0 Å². The Balaban J connectivity index is 1.93.